The SMILES string of the molecule is CC(C)C[C@H](C(=O)Nc1n[nH]c(C2CCC2)n1)n1cccc1. The summed E-state index contributed by atoms with van der Waals surface area (Å²) >= 11 is 0. The molecule has 0 spiro atoms. The quantitative estimate of drug-likeness (QED) is 0.860. The van der Waals surface area contributed by atoms with Crippen molar-refractivity contribution in [1.29, 1.82) is 0 Å². The Morgan fingerprint density at radius 2 is 2.14 bits per heavy atom. The molecule has 22 heavy (non-hydrogen) atoms. The van der Waals surface area contributed by atoms with Gasteiger partial charge in [0, 0.05) is 18.3 Å². The molecule has 2 heterocycles. The zero-order chi connectivity index (χ0) is 15.5. The van der Waals surface area contributed by atoms with Crippen molar-refractivity contribution in [1.82, 2.24) is 19.7 Å². The number of H-pyrrole nitrogens is 1. The molecule has 0 aliphatic heterocycles. The Labute approximate surface area is 130 Å². The van der Waals surface area contributed by atoms with Gasteiger partial charge in [0.25, 0.3) is 0 Å². The van der Waals surface area contributed by atoms with Crippen LogP contribution in [0.15, 0.2) is 24.5 Å². The smallest absolute Gasteiger partial charge is 0.249 e. The van der Waals surface area contributed by atoms with E-state index in [1.54, 1.807) is 0 Å². The van der Waals surface area contributed by atoms with E-state index in [1.165, 1.54) is 6.42 Å². The van der Waals surface area contributed by atoms with Gasteiger partial charge in [-0.3, -0.25) is 15.2 Å². The molecule has 2 aromatic rings. The molecule has 0 saturated heterocycles. The first-order valence-corrected chi connectivity index (χ1v) is 7.99. The van der Waals surface area contributed by atoms with Gasteiger partial charge in [-0.15, -0.1) is 5.10 Å². The van der Waals surface area contributed by atoms with E-state index in [0.29, 0.717) is 17.8 Å². The molecule has 6 heteroatoms. The predicted molar refractivity (Wildman–Crippen MR) is 84.5 cm³/mol. The number of nitrogens with one attached hydrogen (secondary N) is 2. The highest BCUT2D eigenvalue weighted by Gasteiger charge is 2.25. The van der Waals surface area contributed by atoms with Crippen LogP contribution in [0.1, 0.15) is 57.3 Å². The number of hydrogen-bond acceptors (Lipinski definition) is 3. The lowest BCUT2D eigenvalue weighted by molar-refractivity contribution is -0.119. The van der Waals surface area contributed by atoms with Crippen LogP contribution in [-0.4, -0.2) is 25.7 Å². The number of nitrogens with zero attached hydrogens (tertiary/aromatic N) is 3. The number of aromatic amines is 1. The highest BCUT2D eigenvalue weighted by molar-refractivity contribution is 5.92. The Morgan fingerprint density at radius 3 is 2.73 bits per heavy atom. The molecule has 3 rings (SSSR count). The number of carbonyl (C=O) groups excluding carboxylic acids is 1. The van der Waals surface area contributed by atoms with Gasteiger partial charge < -0.3 is 4.57 Å². The standard InChI is InChI=1S/C16H23N5O/c1-11(2)10-13(21-8-3-4-9-21)15(22)18-16-17-14(19-20-16)12-6-5-7-12/h3-4,8-9,11-13H,5-7,10H2,1-2H3,(H2,17,18,19,20,22)/t13-/m1/s1. The van der Waals surface area contributed by atoms with Crippen molar-refractivity contribution >= 4 is 11.9 Å². The van der Waals surface area contributed by atoms with Crippen LogP contribution in [0.3, 0.4) is 0 Å². The van der Waals surface area contributed by atoms with Crippen molar-refractivity contribution in [2.75, 3.05) is 5.32 Å². The van der Waals surface area contributed by atoms with Crippen LogP contribution in [0, 0.1) is 5.92 Å². The van der Waals surface area contributed by atoms with Gasteiger partial charge in [0.2, 0.25) is 11.9 Å². The monoisotopic (exact) mass is 301 g/mol. The average Bonchev–Trinajstić information content (AvgIpc) is 3.05. The van der Waals surface area contributed by atoms with Crippen LogP contribution in [0.25, 0.3) is 0 Å². The maximum Gasteiger partial charge on any atom is 0.249 e. The Bertz CT molecular complexity index is 612. The van der Waals surface area contributed by atoms with Gasteiger partial charge in [0.05, 0.1) is 0 Å². The molecule has 1 amide bonds. The van der Waals surface area contributed by atoms with Gasteiger partial charge in [0.1, 0.15) is 11.9 Å². The number of hydrogen-bond donors (Lipinski definition) is 2. The van der Waals surface area contributed by atoms with Gasteiger partial charge in [-0.1, -0.05) is 20.3 Å². The summed E-state index contributed by atoms with van der Waals surface area (Å²) in [6, 6.07) is 3.63. The van der Waals surface area contributed by atoms with E-state index in [0.717, 1.165) is 25.1 Å². The first-order valence-electron chi connectivity index (χ1n) is 7.99. The summed E-state index contributed by atoms with van der Waals surface area (Å²) in [4.78, 5) is 17.0. The maximum absolute atomic E-state index is 12.6. The summed E-state index contributed by atoms with van der Waals surface area (Å²) in [6.45, 7) is 4.23. The minimum atomic E-state index is -0.236. The number of carbonyl (C=O) groups is 1. The molecular weight excluding hydrogens is 278 g/mol. The fourth-order valence-corrected chi connectivity index (χ4v) is 2.75. The highest BCUT2D eigenvalue weighted by Crippen LogP contribution is 2.34. The lowest BCUT2D eigenvalue weighted by Crippen LogP contribution is -2.27. The fraction of sp³-hybridized carbons (Fsp3) is 0.562. The van der Waals surface area contributed by atoms with E-state index in [1.807, 2.05) is 29.1 Å². The van der Waals surface area contributed by atoms with Crippen LogP contribution in [0.5, 0.6) is 0 Å². The summed E-state index contributed by atoms with van der Waals surface area (Å²) < 4.78 is 1.94. The second kappa shape index (κ2) is 6.34. The van der Waals surface area contributed by atoms with E-state index in [4.69, 9.17) is 0 Å². The van der Waals surface area contributed by atoms with Crippen molar-refractivity contribution in [2.24, 2.45) is 5.92 Å². The van der Waals surface area contributed by atoms with Gasteiger partial charge in [-0.2, -0.15) is 4.98 Å². The van der Waals surface area contributed by atoms with Crippen LogP contribution >= 0.6 is 0 Å². The molecule has 1 aliphatic carbocycles. The third kappa shape index (κ3) is 3.21. The minimum absolute atomic E-state index is 0.0657. The highest BCUT2D eigenvalue weighted by atomic mass is 16.2. The first-order chi connectivity index (χ1) is 10.6. The minimum Gasteiger partial charge on any atom is -0.342 e. The maximum atomic E-state index is 12.6. The molecule has 0 unspecified atom stereocenters. The Hall–Kier alpha value is -2.11. The summed E-state index contributed by atoms with van der Waals surface area (Å²) in [5, 5.41) is 9.92. The fourth-order valence-electron chi connectivity index (χ4n) is 2.75. The van der Waals surface area contributed by atoms with Crippen LogP contribution in [-0.2, 0) is 4.79 Å². The molecule has 2 N–H and O–H groups in total. The molecule has 1 atom stereocenters. The third-order valence-corrected chi connectivity index (χ3v) is 4.21. The summed E-state index contributed by atoms with van der Waals surface area (Å²) in [6.07, 6.45) is 8.18. The Balaban J connectivity index is 1.69. The van der Waals surface area contributed by atoms with Gasteiger partial charge >= 0.3 is 0 Å². The van der Waals surface area contributed by atoms with Crippen LogP contribution in [0.4, 0.5) is 5.95 Å². The van der Waals surface area contributed by atoms with E-state index < -0.39 is 0 Å². The second-order valence-electron chi connectivity index (χ2n) is 6.44. The van der Waals surface area contributed by atoms with Crippen molar-refractivity contribution in [3.05, 3.63) is 30.4 Å². The molecule has 118 valence electrons. The third-order valence-electron chi connectivity index (χ3n) is 4.21. The van der Waals surface area contributed by atoms with Gasteiger partial charge in [0.15, 0.2) is 0 Å². The number of anilines is 1. The molecule has 1 saturated carbocycles. The molecule has 1 aliphatic rings. The van der Waals surface area contributed by atoms with Gasteiger partial charge in [-0.25, -0.2) is 0 Å². The summed E-state index contributed by atoms with van der Waals surface area (Å²) in [5.41, 5.74) is 0. The zero-order valence-electron chi connectivity index (χ0n) is 13.1. The number of amides is 1. The topological polar surface area (TPSA) is 75.6 Å². The number of rotatable bonds is 6. The molecule has 2 aromatic heterocycles. The Morgan fingerprint density at radius 1 is 1.41 bits per heavy atom. The van der Waals surface area contributed by atoms with E-state index >= 15 is 0 Å². The van der Waals surface area contributed by atoms with Crippen LogP contribution in [0.2, 0.25) is 0 Å². The molecule has 6 nitrogen and oxygen atoms in total. The molecule has 0 aromatic carbocycles. The van der Waals surface area contributed by atoms with E-state index in [2.05, 4.69) is 34.3 Å². The van der Waals surface area contributed by atoms with E-state index in [9.17, 15) is 4.79 Å². The average molecular weight is 301 g/mol. The van der Waals surface area contributed by atoms with Crippen molar-refractivity contribution < 1.29 is 4.79 Å². The van der Waals surface area contributed by atoms with Crippen molar-refractivity contribution in [3.63, 3.8) is 0 Å². The molecule has 0 radical (unpaired) electrons. The number of aromatic nitrogens is 4. The summed E-state index contributed by atoms with van der Waals surface area (Å²) in [7, 11) is 0. The van der Waals surface area contributed by atoms with Crippen molar-refractivity contribution in [3.8, 4) is 0 Å². The molecule has 0 bridgehead atoms. The lowest BCUT2D eigenvalue weighted by Gasteiger charge is -2.22. The Kier molecular flexibility index (Phi) is 4.27. The summed E-state index contributed by atoms with van der Waals surface area (Å²) in [5.74, 6) is 2.12. The predicted octanol–water partition coefficient (Wildman–Crippen LogP) is 3.10. The normalized spacial score (nSPS) is 16.5. The van der Waals surface area contributed by atoms with E-state index in [-0.39, 0.29) is 11.9 Å². The molecular formula is C16H23N5O. The first kappa shape index (κ1) is 14.8. The second-order valence-corrected chi connectivity index (χ2v) is 6.44. The van der Waals surface area contributed by atoms with Crippen molar-refractivity contribution in [2.45, 2.75) is 51.5 Å². The van der Waals surface area contributed by atoms with Gasteiger partial charge in [-0.05, 0) is 37.3 Å². The zero-order valence-corrected chi connectivity index (χ0v) is 13.1. The molecule has 1 fully saturated rings. The van der Waals surface area contributed by atoms with Crippen LogP contribution < -0.4 is 5.32 Å². The largest absolute Gasteiger partial charge is 0.342 e. The lowest BCUT2D eigenvalue weighted by atomic mass is 9.85.